The van der Waals surface area contributed by atoms with Crippen LogP contribution >= 0.6 is 0 Å². The van der Waals surface area contributed by atoms with Crippen molar-refractivity contribution >= 4 is 23.7 Å². The zero-order valence-corrected chi connectivity index (χ0v) is 11.8. The molecule has 0 aliphatic rings. The van der Waals surface area contributed by atoms with Crippen molar-refractivity contribution in [3.8, 4) is 0 Å². The molecule has 0 radical (unpaired) electrons. The lowest BCUT2D eigenvalue weighted by Gasteiger charge is -2.17. The highest BCUT2D eigenvalue weighted by Crippen LogP contribution is 1.86. The quantitative estimate of drug-likeness (QED) is 0.270. The van der Waals surface area contributed by atoms with Crippen molar-refractivity contribution in [1.82, 2.24) is 16.0 Å². The Morgan fingerprint density at radius 2 is 1.67 bits per heavy atom. The minimum Gasteiger partial charge on any atom is -0.480 e. The number of aliphatic carboxylic acids is 1. The molecule has 0 bridgehead atoms. The number of amides is 3. The van der Waals surface area contributed by atoms with Crippen LogP contribution in [0.1, 0.15) is 13.8 Å². The minimum atomic E-state index is -1.24. The molecule has 0 heterocycles. The van der Waals surface area contributed by atoms with Crippen LogP contribution < -0.4 is 21.7 Å². The Kier molecular flexibility index (Phi) is 7.94. The van der Waals surface area contributed by atoms with Gasteiger partial charge in [-0.2, -0.15) is 0 Å². The van der Waals surface area contributed by atoms with Crippen LogP contribution in [-0.2, 0) is 19.2 Å². The first-order valence-electron chi connectivity index (χ1n) is 6.15. The van der Waals surface area contributed by atoms with Crippen molar-refractivity contribution < 1.29 is 29.4 Å². The summed E-state index contributed by atoms with van der Waals surface area (Å²) in [6.07, 6.45) is 0. The average molecular weight is 304 g/mol. The number of aliphatic hydroxyl groups excluding tert-OH is 1. The number of carboxylic acids is 1. The molecular weight excluding hydrogens is 284 g/mol. The van der Waals surface area contributed by atoms with Gasteiger partial charge in [0.25, 0.3) is 0 Å². The molecule has 0 aliphatic carbocycles. The lowest BCUT2D eigenvalue weighted by Crippen LogP contribution is -2.54. The van der Waals surface area contributed by atoms with Crippen molar-refractivity contribution in [2.75, 3.05) is 13.2 Å². The van der Waals surface area contributed by atoms with Gasteiger partial charge in [-0.05, 0) is 13.8 Å². The third-order valence-electron chi connectivity index (χ3n) is 2.40. The van der Waals surface area contributed by atoms with Crippen LogP contribution in [0.25, 0.3) is 0 Å². The van der Waals surface area contributed by atoms with Gasteiger partial charge in [0.2, 0.25) is 17.7 Å². The summed E-state index contributed by atoms with van der Waals surface area (Å²) in [5, 5.41) is 24.1. The molecule has 0 rings (SSSR count). The van der Waals surface area contributed by atoms with Crippen LogP contribution in [0.15, 0.2) is 0 Å². The molecule has 3 atom stereocenters. The molecule has 10 nitrogen and oxygen atoms in total. The topological polar surface area (TPSA) is 171 Å². The van der Waals surface area contributed by atoms with Gasteiger partial charge in [0.15, 0.2) is 0 Å². The second kappa shape index (κ2) is 8.87. The van der Waals surface area contributed by atoms with Crippen LogP contribution in [0.5, 0.6) is 0 Å². The third-order valence-corrected chi connectivity index (χ3v) is 2.40. The van der Waals surface area contributed by atoms with E-state index >= 15 is 0 Å². The first-order valence-corrected chi connectivity index (χ1v) is 6.15. The van der Waals surface area contributed by atoms with Crippen LogP contribution in [-0.4, -0.2) is 65.2 Å². The summed E-state index contributed by atoms with van der Waals surface area (Å²) in [4.78, 5) is 44.8. The first-order chi connectivity index (χ1) is 9.68. The second-order valence-corrected chi connectivity index (χ2v) is 4.38. The summed E-state index contributed by atoms with van der Waals surface area (Å²) >= 11 is 0. The fraction of sp³-hybridized carbons (Fsp3) is 0.636. The molecule has 0 saturated carbocycles. The second-order valence-electron chi connectivity index (χ2n) is 4.38. The van der Waals surface area contributed by atoms with Crippen LogP contribution in [0.2, 0.25) is 0 Å². The number of hydrogen-bond acceptors (Lipinski definition) is 6. The van der Waals surface area contributed by atoms with Gasteiger partial charge >= 0.3 is 5.97 Å². The SMILES string of the molecule is C[C@H](N)C(=O)N[C@@H](CO)C(=O)NCC(=O)N[C@@H](C)C(=O)O. The van der Waals surface area contributed by atoms with Gasteiger partial charge < -0.3 is 31.9 Å². The number of carbonyl (C=O) groups excluding carboxylic acids is 3. The number of aliphatic hydroxyl groups is 1. The Balaban J connectivity index is 4.30. The summed E-state index contributed by atoms with van der Waals surface area (Å²) in [5.74, 6) is -3.35. The van der Waals surface area contributed by atoms with E-state index in [0.717, 1.165) is 0 Å². The molecule has 3 amide bonds. The first kappa shape index (κ1) is 18.8. The largest absolute Gasteiger partial charge is 0.480 e. The standard InChI is InChI=1S/C11H20N4O6/c1-5(12)9(18)15-7(4-16)10(19)13-3-8(17)14-6(2)11(20)21/h5-7,16H,3-4,12H2,1-2H3,(H,13,19)(H,14,17)(H,15,18)(H,20,21)/t5-,6-,7-/m0/s1. The number of carbonyl (C=O) groups is 4. The van der Waals surface area contributed by atoms with E-state index in [9.17, 15) is 19.2 Å². The maximum atomic E-state index is 11.6. The molecule has 21 heavy (non-hydrogen) atoms. The van der Waals surface area contributed by atoms with Crippen molar-refractivity contribution in [2.45, 2.75) is 32.0 Å². The summed E-state index contributed by atoms with van der Waals surface area (Å²) < 4.78 is 0. The van der Waals surface area contributed by atoms with Gasteiger partial charge in [-0.1, -0.05) is 0 Å². The fourth-order valence-corrected chi connectivity index (χ4v) is 1.14. The average Bonchev–Trinajstić information content (AvgIpc) is 2.41. The maximum Gasteiger partial charge on any atom is 0.325 e. The van der Waals surface area contributed by atoms with Crippen molar-refractivity contribution in [3.63, 3.8) is 0 Å². The van der Waals surface area contributed by atoms with E-state index in [1.54, 1.807) is 0 Å². The van der Waals surface area contributed by atoms with Crippen LogP contribution in [0, 0.1) is 0 Å². The predicted molar refractivity (Wildman–Crippen MR) is 70.9 cm³/mol. The van der Waals surface area contributed by atoms with Crippen molar-refractivity contribution in [1.29, 1.82) is 0 Å². The van der Waals surface area contributed by atoms with E-state index in [0.29, 0.717) is 0 Å². The molecule has 0 spiro atoms. The Hall–Kier alpha value is -2.20. The maximum absolute atomic E-state index is 11.6. The van der Waals surface area contributed by atoms with E-state index in [2.05, 4.69) is 16.0 Å². The Bertz CT molecular complexity index is 412. The van der Waals surface area contributed by atoms with Crippen molar-refractivity contribution in [2.24, 2.45) is 5.73 Å². The lowest BCUT2D eigenvalue weighted by molar-refractivity contribution is -0.141. The zero-order valence-electron chi connectivity index (χ0n) is 11.8. The van der Waals surface area contributed by atoms with E-state index in [-0.39, 0.29) is 0 Å². The highest BCUT2D eigenvalue weighted by molar-refractivity contribution is 5.92. The zero-order chi connectivity index (χ0) is 16.6. The molecule has 0 aromatic rings. The normalized spacial score (nSPS) is 14.5. The number of carboxylic acid groups (broad SMARTS) is 1. The highest BCUT2D eigenvalue weighted by Gasteiger charge is 2.22. The van der Waals surface area contributed by atoms with Gasteiger partial charge in [0.05, 0.1) is 19.2 Å². The molecule has 120 valence electrons. The molecule has 0 saturated heterocycles. The minimum absolute atomic E-state index is 0.485. The Morgan fingerprint density at radius 1 is 1.10 bits per heavy atom. The highest BCUT2D eigenvalue weighted by atomic mass is 16.4. The smallest absolute Gasteiger partial charge is 0.325 e. The van der Waals surface area contributed by atoms with Gasteiger partial charge in [-0.3, -0.25) is 19.2 Å². The monoisotopic (exact) mass is 304 g/mol. The van der Waals surface area contributed by atoms with Crippen molar-refractivity contribution in [3.05, 3.63) is 0 Å². The molecule has 7 N–H and O–H groups in total. The lowest BCUT2D eigenvalue weighted by atomic mass is 10.2. The summed E-state index contributed by atoms with van der Waals surface area (Å²) in [7, 11) is 0. The van der Waals surface area contributed by atoms with E-state index < -0.39 is 55.0 Å². The predicted octanol–water partition coefficient (Wildman–Crippen LogP) is -3.48. The molecular formula is C11H20N4O6. The number of hydrogen-bond donors (Lipinski definition) is 6. The number of nitrogens with one attached hydrogen (secondary N) is 3. The van der Waals surface area contributed by atoms with Crippen LogP contribution in [0.4, 0.5) is 0 Å². The van der Waals surface area contributed by atoms with E-state index in [1.165, 1.54) is 13.8 Å². The number of nitrogens with two attached hydrogens (primary N) is 1. The van der Waals surface area contributed by atoms with Crippen LogP contribution in [0.3, 0.4) is 0 Å². The Labute approximate surface area is 121 Å². The van der Waals surface area contributed by atoms with Gasteiger partial charge in [0, 0.05) is 0 Å². The molecule has 0 aromatic heterocycles. The molecule has 0 aromatic carbocycles. The van der Waals surface area contributed by atoms with E-state index in [4.69, 9.17) is 15.9 Å². The third kappa shape index (κ3) is 7.22. The van der Waals surface area contributed by atoms with E-state index in [1.807, 2.05) is 0 Å². The molecule has 10 heteroatoms. The van der Waals surface area contributed by atoms with Gasteiger partial charge in [-0.15, -0.1) is 0 Å². The molecule has 0 fully saturated rings. The van der Waals surface area contributed by atoms with Gasteiger partial charge in [-0.25, -0.2) is 0 Å². The summed E-state index contributed by atoms with van der Waals surface area (Å²) in [6, 6.07) is -3.19. The Morgan fingerprint density at radius 3 is 2.10 bits per heavy atom. The number of rotatable bonds is 8. The summed E-state index contributed by atoms with van der Waals surface area (Å²) in [5.41, 5.74) is 5.30. The summed E-state index contributed by atoms with van der Waals surface area (Å²) in [6.45, 7) is 1.52. The fourth-order valence-electron chi connectivity index (χ4n) is 1.14. The molecule has 0 unspecified atom stereocenters. The van der Waals surface area contributed by atoms with Gasteiger partial charge in [0.1, 0.15) is 12.1 Å². The molecule has 0 aliphatic heterocycles.